The molecule has 0 aromatic carbocycles. The van der Waals surface area contributed by atoms with Crippen LogP contribution in [0.5, 0.6) is 0 Å². The van der Waals surface area contributed by atoms with Gasteiger partial charge in [-0.05, 0) is 107 Å². The van der Waals surface area contributed by atoms with Gasteiger partial charge in [-0.1, -0.05) is 64.3 Å². The molecule has 3 aliphatic carbocycles. The zero-order chi connectivity index (χ0) is 26.8. The Labute approximate surface area is 248 Å². The molecule has 0 amide bonds. The van der Waals surface area contributed by atoms with E-state index in [1.807, 2.05) is 27.7 Å². The Hall–Kier alpha value is -1.14. The smallest absolute Gasteiger partial charge is 0.310 e. The zero-order valence-corrected chi connectivity index (χ0v) is 24.0. The van der Waals surface area contributed by atoms with Gasteiger partial charge in [0.25, 0.3) is 0 Å². The number of aliphatic hydroxyl groups is 1. The summed E-state index contributed by atoms with van der Waals surface area (Å²) in [4.78, 5) is 25.0. The number of ether oxygens (including phenoxy) is 3. The van der Waals surface area contributed by atoms with Crippen LogP contribution in [0, 0.1) is 46.8 Å². The molecule has 0 spiro atoms. The lowest BCUT2D eigenvalue weighted by Crippen LogP contribution is -2.37. The van der Waals surface area contributed by atoms with E-state index in [0.29, 0.717) is 29.1 Å². The summed E-state index contributed by atoms with van der Waals surface area (Å²) in [5, 5.41) is 10.9. The van der Waals surface area contributed by atoms with Gasteiger partial charge in [-0.15, -0.1) is 0 Å². The third-order valence-corrected chi connectivity index (χ3v) is 9.39. The van der Waals surface area contributed by atoms with Gasteiger partial charge in [-0.25, -0.2) is 0 Å². The van der Waals surface area contributed by atoms with Gasteiger partial charge < -0.3 is 19.3 Å². The Balaban J connectivity index is 0. The van der Waals surface area contributed by atoms with Crippen LogP contribution in [0.4, 0.5) is 0 Å². The van der Waals surface area contributed by atoms with Gasteiger partial charge in [0.15, 0.2) is 6.79 Å². The second-order valence-electron chi connectivity index (χ2n) is 14.2. The number of aliphatic hydroxyl groups excluding tert-OH is 1. The van der Waals surface area contributed by atoms with E-state index >= 15 is 0 Å². The van der Waals surface area contributed by atoms with Gasteiger partial charge >= 0.3 is 11.9 Å². The van der Waals surface area contributed by atoms with Crippen molar-refractivity contribution in [2.24, 2.45) is 46.8 Å². The predicted octanol–water partition coefficient (Wildman–Crippen LogP) is 8.68. The van der Waals surface area contributed by atoms with Crippen LogP contribution in [0.15, 0.2) is 0 Å². The molecule has 7 unspecified atom stereocenters. The minimum Gasteiger partial charge on any atom is -0.460 e. The van der Waals surface area contributed by atoms with E-state index in [1.165, 1.54) is 12.8 Å². The lowest BCUT2D eigenvalue weighted by molar-refractivity contribution is -0.168. The van der Waals surface area contributed by atoms with E-state index < -0.39 is 11.7 Å². The Morgan fingerprint density at radius 3 is 2.00 bits per heavy atom. The molecule has 6 heteroatoms. The van der Waals surface area contributed by atoms with Gasteiger partial charge in [-0.2, -0.15) is 0 Å². The summed E-state index contributed by atoms with van der Waals surface area (Å²) in [5.41, 5.74) is -0.206. The van der Waals surface area contributed by atoms with E-state index in [0.717, 1.165) is 38.0 Å². The second-order valence-corrected chi connectivity index (χ2v) is 14.2. The molecule has 3 fully saturated rings. The van der Waals surface area contributed by atoms with Gasteiger partial charge in [0.05, 0.1) is 24.5 Å². The van der Waals surface area contributed by atoms with Crippen LogP contribution in [-0.2, 0) is 23.8 Å². The summed E-state index contributed by atoms with van der Waals surface area (Å²) in [6.45, 7) is 16.7. The first-order valence-corrected chi connectivity index (χ1v) is 14.3. The van der Waals surface area contributed by atoms with Gasteiger partial charge in [0.2, 0.25) is 0 Å². The molecule has 2 bridgehead atoms. The van der Waals surface area contributed by atoms with Crippen molar-refractivity contribution < 1.29 is 28.9 Å². The molecule has 0 radical (unpaired) electrons. The molecule has 0 saturated heterocycles. The molecule has 0 heterocycles. The number of esters is 2. The average molecular weight is 573 g/mol. The summed E-state index contributed by atoms with van der Waals surface area (Å²) >= 11 is 0. The summed E-state index contributed by atoms with van der Waals surface area (Å²) in [6.07, 6.45) is 6.73. The first-order valence-electron chi connectivity index (χ1n) is 14.3. The zero-order valence-electron chi connectivity index (χ0n) is 24.0. The van der Waals surface area contributed by atoms with Crippen molar-refractivity contribution in [1.82, 2.24) is 0 Å². The SMILES string of the molecule is C.C.C.C.CC(CC1C(C)C2CC(C(O)CC(=O)OC(C)(C)C)C1C2)C(=O)OCOC1CCC(C(C)(C)C)CC1. The fourth-order valence-corrected chi connectivity index (χ4v) is 7.27. The Kier molecular flexibility index (Phi) is 16.9. The van der Waals surface area contributed by atoms with Gasteiger partial charge in [0, 0.05) is 0 Å². The monoisotopic (exact) mass is 573 g/mol. The van der Waals surface area contributed by atoms with E-state index in [2.05, 4.69) is 27.7 Å². The Morgan fingerprint density at radius 2 is 1.50 bits per heavy atom. The molecule has 6 nitrogen and oxygen atoms in total. The number of carbonyl (C=O) groups is 2. The second kappa shape index (κ2) is 16.5. The van der Waals surface area contributed by atoms with Crippen molar-refractivity contribution in [2.45, 2.75) is 154 Å². The van der Waals surface area contributed by atoms with E-state index in [9.17, 15) is 14.7 Å². The standard InChI is InChI=1S/C30H52O6.4CH4/c1-18(28(33)35-17-34-22-11-9-21(10-12-22)29(3,4)5)13-23-19(2)20-14-24(23)25(15-20)26(31)16-27(32)36-30(6,7)8;;;;/h18-26,31H,9-17H2,1-8H3;4*1H4. The number of carbonyl (C=O) groups excluding carboxylic acids is 2. The lowest BCUT2D eigenvalue weighted by atomic mass is 9.69. The predicted molar refractivity (Wildman–Crippen MR) is 167 cm³/mol. The van der Waals surface area contributed by atoms with Crippen LogP contribution in [0.3, 0.4) is 0 Å². The lowest BCUT2D eigenvalue weighted by Gasteiger charge is -2.37. The largest absolute Gasteiger partial charge is 0.460 e. The number of fused-ring (bicyclic) bond motifs is 2. The minimum absolute atomic E-state index is 0. The summed E-state index contributed by atoms with van der Waals surface area (Å²) in [5.74, 6) is 1.85. The number of hydrogen-bond donors (Lipinski definition) is 1. The van der Waals surface area contributed by atoms with Crippen molar-refractivity contribution in [3.63, 3.8) is 0 Å². The maximum Gasteiger partial charge on any atom is 0.310 e. The van der Waals surface area contributed by atoms with Gasteiger partial charge in [0.1, 0.15) is 5.60 Å². The van der Waals surface area contributed by atoms with E-state index in [4.69, 9.17) is 14.2 Å². The molecule has 3 rings (SSSR count). The highest BCUT2D eigenvalue weighted by Crippen LogP contribution is 2.58. The third-order valence-electron chi connectivity index (χ3n) is 9.39. The molecule has 0 aromatic rings. The molecule has 0 aliphatic heterocycles. The summed E-state index contributed by atoms with van der Waals surface area (Å²) in [7, 11) is 0. The fourth-order valence-electron chi connectivity index (χ4n) is 7.27. The Bertz CT molecular complexity index is 743. The fraction of sp³-hybridized carbons (Fsp3) is 0.941. The molecule has 0 aromatic heterocycles. The van der Waals surface area contributed by atoms with Crippen LogP contribution >= 0.6 is 0 Å². The van der Waals surface area contributed by atoms with E-state index in [1.54, 1.807) is 0 Å². The number of hydrogen-bond acceptors (Lipinski definition) is 6. The van der Waals surface area contributed by atoms with E-state index in [-0.39, 0.29) is 72.8 Å². The highest BCUT2D eigenvalue weighted by Gasteiger charge is 2.53. The molecule has 1 N–H and O–H groups in total. The highest BCUT2D eigenvalue weighted by molar-refractivity contribution is 5.72. The van der Waals surface area contributed by atoms with Crippen LogP contribution in [0.25, 0.3) is 0 Å². The average Bonchev–Trinajstić information content (AvgIpc) is 3.31. The molecular formula is C34H68O6. The maximum absolute atomic E-state index is 12.7. The normalized spacial score (nSPS) is 30.9. The molecular weight excluding hydrogens is 504 g/mol. The van der Waals surface area contributed by atoms with Crippen molar-refractivity contribution in [2.75, 3.05) is 6.79 Å². The molecule has 3 saturated carbocycles. The van der Waals surface area contributed by atoms with Crippen molar-refractivity contribution in [3.8, 4) is 0 Å². The number of rotatable bonds is 9. The van der Waals surface area contributed by atoms with Crippen LogP contribution < -0.4 is 0 Å². The van der Waals surface area contributed by atoms with Crippen molar-refractivity contribution >= 4 is 11.9 Å². The topological polar surface area (TPSA) is 82.1 Å². The minimum atomic E-state index is -0.686. The van der Waals surface area contributed by atoms with Crippen molar-refractivity contribution in [1.29, 1.82) is 0 Å². The maximum atomic E-state index is 12.7. The highest BCUT2D eigenvalue weighted by atomic mass is 16.7. The molecule has 240 valence electrons. The van der Waals surface area contributed by atoms with Crippen molar-refractivity contribution in [3.05, 3.63) is 0 Å². The van der Waals surface area contributed by atoms with Crippen LogP contribution in [0.1, 0.15) is 136 Å². The molecule has 40 heavy (non-hydrogen) atoms. The molecule has 3 aliphatic rings. The third kappa shape index (κ3) is 10.9. The first-order chi connectivity index (χ1) is 16.7. The quantitative estimate of drug-likeness (QED) is 0.220. The van der Waals surface area contributed by atoms with Gasteiger partial charge in [-0.3, -0.25) is 9.59 Å². The summed E-state index contributed by atoms with van der Waals surface area (Å²) < 4.78 is 16.9. The van der Waals surface area contributed by atoms with Crippen LogP contribution in [-0.4, -0.2) is 41.6 Å². The molecule has 7 atom stereocenters. The summed E-state index contributed by atoms with van der Waals surface area (Å²) in [6, 6.07) is 0. The van der Waals surface area contributed by atoms with Crippen LogP contribution in [0.2, 0.25) is 0 Å². The Morgan fingerprint density at radius 1 is 0.925 bits per heavy atom. The first kappa shape index (κ1) is 41.0.